The molecule has 1 unspecified atom stereocenters. The number of hydrogen-bond donors (Lipinski definition) is 1. The number of carboxylic acid groups (broad SMARTS) is 1. The summed E-state index contributed by atoms with van der Waals surface area (Å²) < 4.78 is 5.40. The Morgan fingerprint density at radius 2 is 2.37 bits per heavy atom. The minimum atomic E-state index is -0.874. The highest BCUT2D eigenvalue weighted by molar-refractivity contribution is 5.69. The van der Waals surface area contributed by atoms with Crippen LogP contribution in [0.3, 0.4) is 0 Å². The summed E-state index contributed by atoms with van der Waals surface area (Å²) in [5.74, 6) is -0.213. The summed E-state index contributed by atoms with van der Waals surface area (Å²) in [5, 5.41) is 8.72. The van der Waals surface area contributed by atoms with Crippen molar-refractivity contribution in [3.63, 3.8) is 0 Å². The standard InChI is InChI=1S/C14H22N2O3/c1-10(2)16-6-4-3-5-12(16)8-13-15-11(9-19-13)7-14(17)18/h9-10,12H,3-8H2,1-2H3,(H,17,18). The lowest BCUT2D eigenvalue weighted by Crippen LogP contribution is -2.45. The Bertz CT molecular complexity index is 428. The van der Waals surface area contributed by atoms with E-state index in [2.05, 4.69) is 23.7 Å². The summed E-state index contributed by atoms with van der Waals surface area (Å²) in [5.41, 5.74) is 0.509. The van der Waals surface area contributed by atoms with E-state index in [9.17, 15) is 4.79 Å². The predicted molar refractivity (Wildman–Crippen MR) is 71.0 cm³/mol. The van der Waals surface area contributed by atoms with Crippen LogP contribution in [0.2, 0.25) is 0 Å². The third-order valence-corrected chi connectivity index (χ3v) is 3.68. The quantitative estimate of drug-likeness (QED) is 0.884. The fourth-order valence-corrected chi connectivity index (χ4v) is 2.80. The topological polar surface area (TPSA) is 66.6 Å². The average Bonchev–Trinajstić information content (AvgIpc) is 2.76. The molecule has 2 rings (SSSR count). The van der Waals surface area contributed by atoms with Crippen molar-refractivity contribution in [2.75, 3.05) is 6.54 Å². The number of piperidine rings is 1. The van der Waals surface area contributed by atoms with Crippen molar-refractivity contribution < 1.29 is 14.3 Å². The number of aromatic nitrogens is 1. The Morgan fingerprint density at radius 3 is 3.05 bits per heavy atom. The van der Waals surface area contributed by atoms with Gasteiger partial charge < -0.3 is 9.52 Å². The highest BCUT2D eigenvalue weighted by atomic mass is 16.4. The van der Waals surface area contributed by atoms with Crippen LogP contribution in [0.15, 0.2) is 10.7 Å². The molecule has 1 aromatic heterocycles. The van der Waals surface area contributed by atoms with Gasteiger partial charge in [0.25, 0.3) is 0 Å². The average molecular weight is 266 g/mol. The van der Waals surface area contributed by atoms with Crippen molar-refractivity contribution in [2.45, 2.75) is 58.0 Å². The summed E-state index contributed by atoms with van der Waals surface area (Å²) in [7, 11) is 0. The molecular formula is C14H22N2O3. The number of rotatable bonds is 5. The molecule has 0 aromatic carbocycles. The molecule has 1 N–H and O–H groups in total. The zero-order valence-electron chi connectivity index (χ0n) is 11.6. The molecule has 19 heavy (non-hydrogen) atoms. The largest absolute Gasteiger partial charge is 0.481 e. The molecule has 0 aliphatic carbocycles. The number of carbonyl (C=O) groups is 1. The van der Waals surface area contributed by atoms with Crippen molar-refractivity contribution in [3.8, 4) is 0 Å². The Kier molecular flexibility index (Phi) is 4.58. The van der Waals surface area contributed by atoms with Gasteiger partial charge in [-0.2, -0.15) is 0 Å². The van der Waals surface area contributed by atoms with Crippen LogP contribution in [0, 0.1) is 0 Å². The van der Waals surface area contributed by atoms with E-state index < -0.39 is 5.97 Å². The van der Waals surface area contributed by atoms with Gasteiger partial charge in [0.1, 0.15) is 6.26 Å². The lowest BCUT2D eigenvalue weighted by Gasteiger charge is -2.38. The smallest absolute Gasteiger partial charge is 0.309 e. The maximum absolute atomic E-state index is 10.6. The molecule has 5 nitrogen and oxygen atoms in total. The minimum Gasteiger partial charge on any atom is -0.481 e. The first-order valence-electron chi connectivity index (χ1n) is 6.97. The molecule has 1 aliphatic rings. The Labute approximate surface area is 113 Å². The summed E-state index contributed by atoms with van der Waals surface area (Å²) in [6.45, 7) is 5.55. The second kappa shape index (κ2) is 6.19. The van der Waals surface area contributed by atoms with E-state index in [4.69, 9.17) is 9.52 Å². The zero-order valence-corrected chi connectivity index (χ0v) is 11.6. The minimum absolute atomic E-state index is 0.0674. The molecule has 0 radical (unpaired) electrons. The van der Waals surface area contributed by atoms with Gasteiger partial charge in [0, 0.05) is 18.5 Å². The van der Waals surface area contributed by atoms with E-state index in [0.717, 1.165) is 19.4 Å². The highest BCUT2D eigenvalue weighted by Crippen LogP contribution is 2.22. The molecule has 106 valence electrons. The second-order valence-electron chi connectivity index (χ2n) is 5.49. The van der Waals surface area contributed by atoms with E-state index in [0.29, 0.717) is 23.7 Å². The molecule has 5 heteroatoms. The van der Waals surface area contributed by atoms with Crippen LogP contribution in [0.5, 0.6) is 0 Å². The molecule has 0 saturated carbocycles. The van der Waals surface area contributed by atoms with Gasteiger partial charge in [-0.05, 0) is 33.2 Å². The SMILES string of the molecule is CC(C)N1CCCCC1Cc1nc(CC(=O)O)co1. The van der Waals surface area contributed by atoms with Crippen LogP contribution < -0.4 is 0 Å². The molecule has 0 spiro atoms. The Morgan fingerprint density at radius 1 is 1.58 bits per heavy atom. The number of hydrogen-bond acceptors (Lipinski definition) is 4. The number of nitrogens with zero attached hydrogens (tertiary/aromatic N) is 2. The molecule has 1 atom stereocenters. The van der Waals surface area contributed by atoms with Gasteiger partial charge in [-0.1, -0.05) is 6.42 Å². The Balaban J connectivity index is 1.98. The van der Waals surface area contributed by atoms with E-state index in [1.165, 1.54) is 19.1 Å². The summed E-state index contributed by atoms with van der Waals surface area (Å²) in [6, 6.07) is 0.990. The van der Waals surface area contributed by atoms with E-state index in [-0.39, 0.29) is 6.42 Å². The second-order valence-corrected chi connectivity index (χ2v) is 5.49. The van der Waals surface area contributed by atoms with Gasteiger partial charge >= 0.3 is 5.97 Å². The first-order chi connectivity index (χ1) is 9.06. The summed E-state index contributed by atoms with van der Waals surface area (Å²) >= 11 is 0. The van der Waals surface area contributed by atoms with Crippen LogP contribution in [0.25, 0.3) is 0 Å². The molecule has 0 bridgehead atoms. The van der Waals surface area contributed by atoms with Crippen molar-refractivity contribution in [3.05, 3.63) is 17.8 Å². The van der Waals surface area contributed by atoms with E-state index in [1.54, 1.807) is 0 Å². The maximum Gasteiger partial charge on any atom is 0.309 e. The van der Waals surface area contributed by atoms with Crippen LogP contribution in [0.1, 0.15) is 44.7 Å². The number of likely N-dealkylation sites (tertiary alicyclic amines) is 1. The van der Waals surface area contributed by atoms with Gasteiger partial charge in [0.15, 0.2) is 5.89 Å². The van der Waals surface area contributed by atoms with Crippen molar-refractivity contribution in [1.29, 1.82) is 0 Å². The van der Waals surface area contributed by atoms with Gasteiger partial charge in [0.05, 0.1) is 12.1 Å². The summed E-state index contributed by atoms with van der Waals surface area (Å²) in [4.78, 5) is 17.4. The lowest BCUT2D eigenvalue weighted by molar-refractivity contribution is -0.136. The fourth-order valence-electron chi connectivity index (χ4n) is 2.80. The molecule has 0 amide bonds. The predicted octanol–water partition coefficient (Wildman–Crippen LogP) is 2.11. The number of oxazole rings is 1. The van der Waals surface area contributed by atoms with Gasteiger partial charge in [-0.3, -0.25) is 9.69 Å². The maximum atomic E-state index is 10.6. The fraction of sp³-hybridized carbons (Fsp3) is 0.714. The summed E-state index contributed by atoms with van der Waals surface area (Å²) in [6.07, 6.45) is 5.84. The van der Waals surface area contributed by atoms with Gasteiger partial charge in [0.2, 0.25) is 0 Å². The number of aliphatic carboxylic acids is 1. The van der Waals surface area contributed by atoms with E-state index >= 15 is 0 Å². The first kappa shape index (κ1) is 14.1. The number of carboxylic acids is 1. The Hall–Kier alpha value is -1.36. The molecule has 1 aliphatic heterocycles. The van der Waals surface area contributed by atoms with Crippen molar-refractivity contribution in [2.24, 2.45) is 0 Å². The highest BCUT2D eigenvalue weighted by Gasteiger charge is 2.26. The van der Waals surface area contributed by atoms with Crippen LogP contribution in [0.4, 0.5) is 0 Å². The molecule has 1 saturated heterocycles. The van der Waals surface area contributed by atoms with Gasteiger partial charge in [-0.15, -0.1) is 0 Å². The zero-order chi connectivity index (χ0) is 13.8. The first-order valence-corrected chi connectivity index (χ1v) is 6.97. The molecule has 1 aromatic rings. The molecular weight excluding hydrogens is 244 g/mol. The van der Waals surface area contributed by atoms with Crippen molar-refractivity contribution in [1.82, 2.24) is 9.88 Å². The van der Waals surface area contributed by atoms with Crippen LogP contribution in [-0.2, 0) is 17.6 Å². The molecule has 1 fully saturated rings. The van der Waals surface area contributed by atoms with Gasteiger partial charge in [-0.25, -0.2) is 4.98 Å². The lowest BCUT2D eigenvalue weighted by atomic mass is 9.98. The third-order valence-electron chi connectivity index (χ3n) is 3.68. The van der Waals surface area contributed by atoms with Crippen molar-refractivity contribution >= 4 is 5.97 Å². The van der Waals surface area contributed by atoms with E-state index in [1.807, 2.05) is 0 Å². The normalized spacial score (nSPS) is 20.9. The monoisotopic (exact) mass is 266 g/mol. The van der Waals surface area contributed by atoms with Crippen LogP contribution in [-0.4, -0.2) is 39.6 Å². The van der Waals surface area contributed by atoms with Crippen LogP contribution >= 0.6 is 0 Å². The molecule has 2 heterocycles. The third kappa shape index (κ3) is 3.80.